The Hall–Kier alpha value is -1.29. The summed E-state index contributed by atoms with van der Waals surface area (Å²) in [5, 5.41) is 9.13. The normalized spacial score (nSPS) is 17.4. The van der Waals surface area contributed by atoms with E-state index in [4.69, 9.17) is 9.15 Å². The third-order valence-electron chi connectivity index (χ3n) is 3.27. The lowest BCUT2D eigenvalue weighted by molar-refractivity contribution is 0.0926. The smallest absolute Gasteiger partial charge is 0.287 e. The molecule has 1 aromatic heterocycles. The summed E-state index contributed by atoms with van der Waals surface area (Å²) >= 11 is 0. The Bertz CT molecular complexity index is 473. The molecule has 2 heterocycles. The number of carbonyl (C=O) groups excluding carboxylic acids is 1. The van der Waals surface area contributed by atoms with Crippen LogP contribution in [0.2, 0.25) is 0 Å². The van der Waals surface area contributed by atoms with E-state index in [-0.39, 0.29) is 36.0 Å². The number of aliphatic imine (C=N–C) groups is 1. The quantitative estimate of drug-likeness (QED) is 0.260. The molecule has 1 fully saturated rings. The summed E-state index contributed by atoms with van der Waals surface area (Å²) < 4.78 is 10.6. The number of nitrogens with zero attached hydrogens (tertiary/aromatic N) is 1. The molecule has 0 bridgehead atoms. The van der Waals surface area contributed by atoms with E-state index in [1.165, 1.54) is 6.26 Å². The molecule has 0 aliphatic carbocycles. The van der Waals surface area contributed by atoms with Crippen molar-refractivity contribution in [2.24, 2.45) is 4.99 Å². The molecule has 1 saturated heterocycles. The molecule has 0 aromatic carbocycles. The first-order chi connectivity index (χ1) is 10.8. The summed E-state index contributed by atoms with van der Waals surface area (Å²) in [6.45, 7) is 5.38. The van der Waals surface area contributed by atoms with Gasteiger partial charge in [0.1, 0.15) is 0 Å². The molecular formula is C15H25IN4O3. The predicted molar refractivity (Wildman–Crippen MR) is 99.4 cm³/mol. The first kappa shape index (κ1) is 19.8. The monoisotopic (exact) mass is 436 g/mol. The predicted octanol–water partition coefficient (Wildman–Crippen LogP) is 1.36. The van der Waals surface area contributed by atoms with Gasteiger partial charge in [0.2, 0.25) is 0 Å². The van der Waals surface area contributed by atoms with Crippen molar-refractivity contribution < 1.29 is 13.9 Å². The zero-order valence-electron chi connectivity index (χ0n) is 13.3. The lowest BCUT2D eigenvalue weighted by atomic mass is 10.2. The molecule has 0 radical (unpaired) electrons. The van der Waals surface area contributed by atoms with Crippen LogP contribution in [0.25, 0.3) is 0 Å². The van der Waals surface area contributed by atoms with E-state index in [2.05, 4.69) is 20.9 Å². The molecule has 0 saturated carbocycles. The Balaban J connectivity index is 0.00000264. The van der Waals surface area contributed by atoms with E-state index in [0.717, 1.165) is 32.0 Å². The second-order valence-corrected chi connectivity index (χ2v) is 5.01. The fraction of sp³-hybridized carbons (Fsp3) is 0.600. The van der Waals surface area contributed by atoms with E-state index in [0.29, 0.717) is 25.4 Å². The second kappa shape index (κ2) is 11.3. The molecule has 1 aliphatic rings. The van der Waals surface area contributed by atoms with E-state index in [9.17, 15) is 4.79 Å². The van der Waals surface area contributed by atoms with Gasteiger partial charge in [-0.15, -0.1) is 24.0 Å². The molecule has 1 aliphatic heterocycles. The van der Waals surface area contributed by atoms with Crippen molar-refractivity contribution in [3.63, 3.8) is 0 Å². The van der Waals surface area contributed by atoms with Gasteiger partial charge in [0, 0.05) is 26.2 Å². The van der Waals surface area contributed by atoms with Crippen molar-refractivity contribution >= 4 is 35.8 Å². The van der Waals surface area contributed by atoms with Crippen LogP contribution in [0.1, 0.15) is 30.3 Å². The van der Waals surface area contributed by atoms with E-state index in [1.54, 1.807) is 12.1 Å². The van der Waals surface area contributed by atoms with Gasteiger partial charge in [-0.3, -0.25) is 9.79 Å². The lowest BCUT2D eigenvalue weighted by Crippen LogP contribution is -2.41. The second-order valence-electron chi connectivity index (χ2n) is 5.01. The molecule has 2 rings (SSSR count). The fourth-order valence-corrected chi connectivity index (χ4v) is 2.17. The average molecular weight is 436 g/mol. The number of hydrogen-bond donors (Lipinski definition) is 3. The SMILES string of the molecule is CCNC(=NCC1CCCO1)NCCNC(=O)c1ccco1.I. The van der Waals surface area contributed by atoms with Crippen molar-refractivity contribution in [1.29, 1.82) is 0 Å². The van der Waals surface area contributed by atoms with Crippen molar-refractivity contribution in [2.75, 3.05) is 32.8 Å². The summed E-state index contributed by atoms with van der Waals surface area (Å²) in [7, 11) is 0. The van der Waals surface area contributed by atoms with Crippen LogP contribution < -0.4 is 16.0 Å². The van der Waals surface area contributed by atoms with E-state index < -0.39 is 0 Å². The summed E-state index contributed by atoms with van der Waals surface area (Å²) in [6, 6.07) is 3.32. The minimum atomic E-state index is -0.215. The first-order valence-electron chi connectivity index (χ1n) is 7.75. The zero-order valence-corrected chi connectivity index (χ0v) is 15.7. The Morgan fingerprint density at radius 1 is 1.35 bits per heavy atom. The highest BCUT2D eigenvalue weighted by Gasteiger charge is 2.14. The van der Waals surface area contributed by atoms with Crippen LogP contribution in [0, 0.1) is 0 Å². The number of ether oxygens (including phenoxy) is 1. The highest BCUT2D eigenvalue weighted by atomic mass is 127. The van der Waals surface area contributed by atoms with Gasteiger partial charge in [0.15, 0.2) is 11.7 Å². The molecule has 23 heavy (non-hydrogen) atoms. The van der Waals surface area contributed by atoms with E-state index >= 15 is 0 Å². The number of nitrogens with one attached hydrogen (secondary N) is 3. The van der Waals surface area contributed by atoms with Gasteiger partial charge in [-0.1, -0.05) is 0 Å². The Morgan fingerprint density at radius 2 is 2.17 bits per heavy atom. The van der Waals surface area contributed by atoms with Gasteiger partial charge in [-0.2, -0.15) is 0 Å². The minimum Gasteiger partial charge on any atom is -0.459 e. The number of hydrogen-bond acceptors (Lipinski definition) is 4. The molecular weight excluding hydrogens is 411 g/mol. The molecule has 130 valence electrons. The Kier molecular flexibility index (Phi) is 9.69. The van der Waals surface area contributed by atoms with Crippen molar-refractivity contribution in [1.82, 2.24) is 16.0 Å². The van der Waals surface area contributed by atoms with Crippen LogP contribution in [0.4, 0.5) is 0 Å². The van der Waals surface area contributed by atoms with Crippen LogP contribution in [-0.4, -0.2) is 50.8 Å². The highest BCUT2D eigenvalue weighted by Crippen LogP contribution is 2.11. The first-order valence-corrected chi connectivity index (χ1v) is 7.75. The average Bonchev–Trinajstić information content (AvgIpc) is 3.22. The fourth-order valence-electron chi connectivity index (χ4n) is 2.17. The number of guanidine groups is 1. The van der Waals surface area contributed by atoms with Crippen LogP contribution in [0.5, 0.6) is 0 Å². The summed E-state index contributed by atoms with van der Waals surface area (Å²) in [6.07, 6.45) is 3.90. The number of halogens is 1. The number of furan rings is 1. The van der Waals surface area contributed by atoms with Crippen LogP contribution in [0.15, 0.2) is 27.8 Å². The van der Waals surface area contributed by atoms with Crippen molar-refractivity contribution in [2.45, 2.75) is 25.9 Å². The van der Waals surface area contributed by atoms with Crippen LogP contribution in [-0.2, 0) is 4.74 Å². The summed E-state index contributed by atoms with van der Waals surface area (Å²) in [5.74, 6) is 0.845. The largest absolute Gasteiger partial charge is 0.459 e. The third kappa shape index (κ3) is 7.21. The summed E-state index contributed by atoms with van der Waals surface area (Å²) in [5.41, 5.74) is 0. The van der Waals surface area contributed by atoms with Gasteiger partial charge in [0.05, 0.1) is 18.9 Å². The molecule has 1 aromatic rings. The highest BCUT2D eigenvalue weighted by molar-refractivity contribution is 14.0. The summed E-state index contributed by atoms with van der Waals surface area (Å²) in [4.78, 5) is 16.2. The molecule has 0 spiro atoms. The van der Waals surface area contributed by atoms with E-state index in [1.807, 2.05) is 6.92 Å². The van der Waals surface area contributed by atoms with Gasteiger partial charge < -0.3 is 25.1 Å². The Morgan fingerprint density at radius 3 is 2.83 bits per heavy atom. The van der Waals surface area contributed by atoms with Crippen molar-refractivity contribution in [3.05, 3.63) is 24.2 Å². The van der Waals surface area contributed by atoms with Gasteiger partial charge in [0.25, 0.3) is 5.91 Å². The van der Waals surface area contributed by atoms with Crippen molar-refractivity contribution in [3.8, 4) is 0 Å². The van der Waals surface area contributed by atoms with Gasteiger partial charge in [-0.25, -0.2) is 0 Å². The lowest BCUT2D eigenvalue weighted by Gasteiger charge is -2.13. The number of carbonyl (C=O) groups is 1. The maximum absolute atomic E-state index is 11.7. The topological polar surface area (TPSA) is 87.9 Å². The third-order valence-corrected chi connectivity index (χ3v) is 3.27. The van der Waals surface area contributed by atoms with Gasteiger partial charge in [-0.05, 0) is 31.9 Å². The molecule has 1 atom stereocenters. The van der Waals surface area contributed by atoms with Gasteiger partial charge >= 0.3 is 0 Å². The number of amides is 1. The standard InChI is InChI=1S/C15H24N4O3.HI/c1-2-16-15(19-11-12-5-3-9-21-12)18-8-7-17-14(20)13-6-4-10-22-13;/h4,6,10,12H,2-3,5,7-9,11H2,1H3,(H,17,20)(H2,16,18,19);1H. The maximum atomic E-state index is 11.7. The Labute approximate surface area is 153 Å². The molecule has 1 unspecified atom stereocenters. The molecule has 8 heteroatoms. The minimum absolute atomic E-state index is 0. The van der Waals surface area contributed by atoms with Crippen LogP contribution >= 0.6 is 24.0 Å². The number of rotatable bonds is 7. The van der Waals surface area contributed by atoms with Crippen LogP contribution in [0.3, 0.4) is 0 Å². The maximum Gasteiger partial charge on any atom is 0.287 e. The molecule has 3 N–H and O–H groups in total. The zero-order chi connectivity index (χ0) is 15.6. The molecule has 1 amide bonds. The molecule has 7 nitrogen and oxygen atoms in total.